The van der Waals surface area contributed by atoms with Crippen LogP contribution in [0.4, 0.5) is 17.1 Å². The lowest BCUT2D eigenvalue weighted by Crippen LogP contribution is -2.26. The second-order valence-corrected chi connectivity index (χ2v) is 24.2. The number of anilines is 3. The number of benzene rings is 12. The number of rotatable bonds is 5. The van der Waals surface area contributed by atoms with Crippen molar-refractivity contribution < 1.29 is 8.83 Å². The standard InChI is InChI=1S/C79H53NO2/c1-77(2)60-30-16-13-27-54(60)72-74(77)73-69(71-58-29-15-20-34-67(58)82-76(71)72)55-41-39-50(43-63(55)78(73,3)4)80(49-37-35-47(36-38-49)46-21-7-5-8-22-46)51-40-42-56-64(44-51)79(61-31-17-11-25-52(61)53-26-12-18-32-62(53)79)65-45-59(48-23-9-6-10-24-48)75-70(68(56)65)57-28-14-19-33-66(57)81-75/h5-45H,1-4H3. The summed E-state index contributed by atoms with van der Waals surface area (Å²) in [4.78, 5) is 2.52. The molecule has 0 aliphatic heterocycles. The first-order valence-corrected chi connectivity index (χ1v) is 28.8. The van der Waals surface area contributed by atoms with Gasteiger partial charge in [-0.15, -0.1) is 0 Å². The predicted octanol–water partition coefficient (Wildman–Crippen LogP) is 21.2. The third-order valence-corrected chi connectivity index (χ3v) is 19.4. The van der Waals surface area contributed by atoms with E-state index >= 15 is 0 Å². The Morgan fingerprint density at radius 2 is 0.744 bits per heavy atom. The normalized spacial score (nSPS) is 14.9. The van der Waals surface area contributed by atoms with Crippen LogP contribution in [0.25, 0.3) is 111 Å². The van der Waals surface area contributed by atoms with Gasteiger partial charge in [0.2, 0.25) is 0 Å². The Bertz CT molecular complexity index is 5040. The van der Waals surface area contributed by atoms with Crippen LogP contribution in [0.5, 0.6) is 0 Å². The molecule has 14 aromatic rings. The number of hydrogen-bond acceptors (Lipinski definition) is 3. The molecule has 0 saturated carbocycles. The van der Waals surface area contributed by atoms with Crippen molar-refractivity contribution in [2.75, 3.05) is 4.90 Å². The molecular formula is C79H53NO2. The maximum absolute atomic E-state index is 7.07. The Balaban J connectivity index is 0.913. The fourth-order valence-electron chi connectivity index (χ4n) is 16.0. The number of furan rings is 2. The molecule has 0 saturated heterocycles. The molecule has 82 heavy (non-hydrogen) atoms. The summed E-state index contributed by atoms with van der Waals surface area (Å²) in [7, 11) is 0. The van der Waals surface area contributed by atoms with Gasteiger partial charge in [0.15, 0.2) is 0 Å². The van der Waals surface area contributed by atoms with Crippen molar-refractivity contribution >= 4 is 60.9 Å². The molecule has 2 aromatic heterocycles. The second-order valence-electron chi connectivity index (χ2n) is 24.2. The van der Waals surface area contributed by atoms with Gasteiger partial charge in [0.05, 0.1) is 5.41 Å². The van der Waals surface area contributed by atoms with E-state index in [2.05, 4.69) is 281 Å². The van der Waals surface area contributed by atoms with Crippen LogP contribution in [0.15, 0.2) is 258 Å². The lowest BCUT2D eigenvalue weighted by molar-refractivity contribution is 0.600. The summed E-state index contributed by atoms with van der Waals surface area (Å²) in [6, 6.07) is 92.4. The smallest absolute Gasteiger partial charge is 0.144 e. The topological polar surface area (TPSA) is 29.5 Å². The van der Waals surface area contributed by atoms with Gasteiger partial charge in [-0.1, -0.05) is 222 Å². The monoisotopic (exact) mass is 1050 g/mol. The zero-order valence-electron chi connectivity index (χ0n) is 45.9. The Hall–Kier alpha value is -9.96. The van der Waals surface area contributed by atoms with E-state index in [9.17, 15) is 0 Å². The summed E-state index contributed by atoms with van der Waals surface area (Å²) in [6.45, 7) is 9.76. The van der Waals surface area contributed by atoms with Gasteiger partial charge in [0, 0.05) is 60.6 Å². The maximum atomic E-state index is 7.07. The van der Waals surface area contributed by atoms with Gasteiger partial charge >= 0.3 is 0 Å². The van der Waals surface area contributed by atoms with Crippen molar-refractivity contribution in [1.29, 1.82) is 0 Å². The molecule has 0 unspecified atom stereocenters. The van der Waals surface area contributed by atoms with Crippen LogP contribution in [-0.2, 0) is 16.2 Å². The summed E-state index contributed by atoms with van der Waals surface area (Å²) in [5.41, 5.74) is 30.9. The number of hydrogen-bond donors (Lipinski definition) is 0. The molecule has 0 N–H and O–H groups in total. The van der Waals surface area contributed by atoms with Crippen molar-refractivity contribution in [2.45, 2.75) is 43.9 Å². The van der Waals surface area contributed by atoms with E-state index in [0.717, 1.165) is 66.7 Å². The summed E-state index contributed by atoms with van der Waals surface area (Å²) in [6.07, 6.45) is 0. The second kappa shape index (κ2) is 16.1. The summed E-state index contributed by atoms with van der Waals surface area (Å²) >= 11 is 0. The van der Waals surface area contributed by atoms with Crippen LogP contribution in [0.3, 0.4) is 0 Å². The van der Waals surface area contributed by atoms with Crippen LogP contribution in [0.2, 0.25) is 0 Å². The van der Waals surface area contributed by atoms with Gasteiger partial charge < -0.3 is 13.7 Å². The quantitative estimate of drug-likeness (QED) is 0.172. The molecule has 0 amide bonds. The van der Waals surface area contributed by atoms with Gasteiger partial charge in [-0.2, -0.15) is 0 Å². The zero-order chi connectivity index (χ0) is 54.4. The summed E-state index contributed by atoms with van der Waals surface area (Å²) < 4.78 is 14.1. The minimum atomic E-state index is -0.655. The molecule has 386 valence electrons. The highest BCUT2D eigenvalue weighted by Gasteiger charge is 2.54. The van der Waals surface area contributed by atoms with Gasteiger partial charge in [0.1, 0.15) is 22.3 Å². The third-order valence-electron chi connectivity index (χ3n) is 19.4. The molecule has 1 spiro atoms. The molecule has 2 heterocycles. The highest BCUT2D eigenvalue weighted by atomic mass is 16.3. The number of fused-ring (bicyclic) bond motifs is 26. The first kappa shape index (κ1) is 45.9. The Morgan fingerprint density at radius 1 is 0.293 bits per heavy atom. The molecule has 0 atom stereocenters. The molecule has 4 aliphatic carbocycles. The van der Waals surface area contributed by atoms with Crippen molar-refractivity contribution in [3.8, 4) is 66.8 Å². The summed E-state index contributed by atoms with van der Waals surface area (Å²) in [5.74, 6) is 0. The molecular weight excluding hydrogens is 995 g/mol. The highest BCUT2D eigenvalue weighted by Crippen LogP contribution is 2.67. The lowest BCUT2D eigenvalue weighted by atomic mass is 9.70. The lowest BCUT2D eigenvalue weighted by Gasteiger charge is -2.33. The van der Waals surface area contributed by atoms with Crippen LogP contribution >= 0.6 is 0 Å². The van der Waals surface area contributed by atoms with E-state index in [1.54, 1.807) is 0 Å². The number of nitrogens with zero attached hydrogens (tertiary/aromatic N) is 1. The van der Waals surface area contributed by atoms with Crippen LogP contribution in [-0.4, -0.2) is 0 Å². The van der Waals surface area contributed by atoms with Gasteiger partial charge in [-0.25, -0.2) is 0 Å². The molecule has 3 heteroatoms. The van der Waals surface area contributed by atoms with Crippen LogP contribution in [0, 0.1) is 0 Å². The Morgan fingerprint density at radius 3 is 1.39 bits per heavy atom. The van der Waals surface area contributed by atoms with Gasteiger partial charge in [-0.3, -0.25) is 0 Å². The van der Waals surface area contributed by atoms with Crippen molar-refractivity contribution in [1.82, 2.24) is 0 Å². The molecule has 0 radical (unpaired) electrons. The fraction of sp³-hybridized carbons (Fsp3) is 0.0886. The number of para-hydroxylation sites is 2. The van der Waals surface area contributed by atoms with E-state index in [4.69, 9.17) is 8.83 Å². The highest BCUT2D eigenvalue weighted by molar-refractivity contribution is 6.22. The zero-order valence-corrected chi connectivity index (χ0v) is 45.9. The Kier molecular flexibility index (Phi) is 9.01. The maximum Gasteiger partial charge on any atom is 0.144 e. The third kappa shape index (κ3) is 5.75. The minimum absolute atomic E-state index is 0.260. The van der Waals surface area contributed by atoms with E-state index in [1.807, 2.05) is 0 Å². The van der Waals surface area contributed by atoms with Gasteiger partial charge in [0.25, 0.3) is 0 Å². The molecule has 0 bridgehead atoms. The Labute approximate surface area is 476 Å². The summed E-state index contributed by atoms with van der Waals surface area (Å²) in [5, 5.41) is 4.65. The average Bonchev–Trinajstić information content (AvgIpc) is 1.96. The predicted molar refractivity (Wildman–Crippen MR) is 338 cm³/mol. The fourth-order valence-corrected chi connectivity index (χ4v) is 16.0. The minimum Gasteiger partial charge on any atom is -0.455 e. The molecule has 18 rings (SSSR count). The molecule has 4 aliphatic rings. The van der Waals surface area contributed by atoms with Gasteiger partial charge in [-0.05, 0) is 155 Å². The SMILES string of the molecule is CC1(C)c2ccccc2-c2c1c1c(c3c2oc2ccccc23)-c2ccc(N(c3ccc(-c4ccccc4)cc3)c3ccc4c(c3)C3(c5ccccc5-c5ccccc53)c3cc(-c5ccccc5)c5oc6ccccc6c5c3-4)cc2C1(C)C. The van der Waals surface area contributed by atoms with Crippen LogP contribution in [0.1, 0.15) is 72.2 Å². The van der Waals surface area contributed by atoms with Crippen molar-refractivity contribution in [3.63, 3.8) is 0 Å². The molecule has 0 fully saturated rings. The molecule has 12 aromatic carbocycles. The van der Waals surface area contributed by atoms with Crippen LogP contribution < -0.4 is 4.90 Å². The van der Waals surface area contributed by atoms with E-state index in [0.29, 0.717) is 0 Å². The van der Waals surface area contributed by atoms with Crippen molar-refractivity contribution in [2.24, 2.45) is 0 Å². The molecule has 3 nitrogen and oxygen atoms in total. The van der Waals surface area contributed by atoms with E-state index < -0.39 is 5.41 Å². The first-order valence-electron chi connectivity index (χ1n) is 28.8. The van der Waals surface area contributed by atoms with Crippen molar-refractivity contribution in [3.05, 3.63) is 293 Å². The average molecular weight is 1050 g/mol. The van der Waals surface area contributed by atoms with E-state index in [1.165, 1.54) is 106 Å². The largest absolute Gasteiger partial charge is 0.455 e. The first-order chi connectivity index (χ1) is 40.2. The van der Waals surface area contributed by atoms with E-state index in [-0.39, 0.29) is 10.8 Å².